The Balaban J connectivity index is 2.60. The van der Waals surface area contributed by atoms with Gasteiger partial charge in [-0.05, 0) is 24.3 Å². The van der Waals surface area contributed by atoms with E-state index < -0.39 is 18.2 Å². The molecule has 1 aromatic rings. The smallest absolute Gasteiger partial charge is 0.422 e. The highest BCUT2D eigenvalue weighted by atomic mass is 19.4. The molecule has 1 amide bonds. The van der Waals surface area contributed by atoms with Gasteiger partial charge >= 0.3 is 6.18 Å². The minimum absolute atomic E-state index is 0.103. The van der Waals surface area contributed by atoms with Crippen LogP contribution < -0.4 is 10.1 Å². The van der Waals surface area contributed by atoms with Crippen LogP contribution in [0.5, 0.6) is 5.75 Å². The first kappa shape index (κ1) is 15.3. The Hall–Kier alpha value is -1.72. The molecular formula is C13H16F3NO2. The summed E-state index contributed by atoms with van der Waals surface area (Å²) in [5.74, 6) is -0.0671. The summed E-state index contributed by atoms with van der Waals surface area (Å²) in [7, 11) is 0. The van der Waals surface area contributed by atoms with Crippen LogP contribution >= 0.6 is 0 Å². The van der Waals surface area contributed by atoms with Gasteiger partial charge in [-0.25, -0.2) is 0 Å². The van der Waals surface area contributed by atoms with E-state index >= 15 is 0 Å². The Morgan fingerprint density at radius 2 is 1.68 bits per heavy atom. The molecule has 1 aromatic carbocycles. The molecule has 0 saturated carbocycles. The molecule has 0 aliphatic rings. The number of carbonyl (C=O) groups is 1. The summed E-state index contributed by atoms with van der Waals surface area (Å²) in [4.78, 5) is 11.7. The van der Waals surface area contributed by atoms with Crippen LogP contribution in [-0.4, -0.2) is 18.7 Å². The quantitative estimate of drug-likeness (QED) is 0.915. The van der Waals surface area contributed by atoms with Gasteiger partial charge in [-0.1, -0.05) is 20.8 Å². The van der Waals surface area contributed by atoms with Crippen LogP contribution in [0, 0.1) is 5.41 Å². The van der Waals surface area contributed by atoms with Crippen LogP contribution in [0.2, 0.25) is 0 Å². The molecule has 0 fully saturated rings. The standard InChI is InChI=1S/C13H16F3NO2/c1-12(2,3)11(18)17-9-4-6-10(7-5-9)19-8-13(14,15)16/h4-7H,8H2,1-3H3,(H,17,18). The number of rotatable bonds is 3. The fourth-order valence-corrected chi connectivity index (χ4v) is 1.12. The summed E-state index contributed by atoms with van der Waals surface area (Å²) in [6.45, 7) is 3.97. The van der Waals surface area contributed by atoms with E-state index in [2.05, 4.69) is 10.1 Å². The lowest BCUT2D eigenvalue weighted by molar-refractivity contribution is -0.153. The Kier molecular flexibility index (Phi) is 4.44. The van der Waals surface area contributed by atoms with Crippen molar-refractivity contribution in [1.82, 2.24) is 0 Å². The largest absolute Gasteiger partial charge is 0.484 e. The van der Waals surface area contributed by atoms with E-state index in [1.165, 1.54) is 24.3 Å². The fraction of sp³-hybridized carbons (Fsp3) is 0.462. The molecule has 0 aliphatic carbocycles. The highest BCUT2D eigenvalue weighted by Crippen LogP contribution is 2.22. The SMILES string of the molecule is CC(C)(C)C(=O)Nc1ccc(OCC(F)(F)F)cc1. The molecule has 0 saturated heterocycles. The zero-order valence-corrected chi connectivity index (χ0v) is 11.0. The third-order valence-electron chi connectivity index (χ3n) is 2.20. The molecule has 0 radical (unpaired) electrons. The predicted molar refractivity (Wildman–Crippen MR) is 66.1 cm³/mol. The summed E-state index contributed by atoms with van der Waals surface area (Å²) in [6, 6.07) is 5.75. The minimum atomic E-state index is -4.36. The Morgan fingerprint density at radius 3 is 2.11 bits per heavy atom. The number of amides is 1. The third-order valence-corrected chi connectivity index (χ3v) is 2.20. The summed E-state index contributed by atoms with van der Waals surface area (Å²) in [5.41, 5.74) is -0.0230. The Bertz CT molecular complexity index is 433. The van der Waals surface area contributed by atoms with Crippen LogP contribution in [0.3, 0.4) is 0 Å². The summed E-state index contributed by atoms with van der Waals surface area (Å²) in [6.07, 6.45) is -4.36. The van der Waals surface area contributed by atoms with E-state index in [9.17, 15) is 18.0 Å². The van der Waals surface area contributed by atoms with Crippen LogP contribution in [0.25, 0.3) is 0 Å². The third kappa shape index (κ3) is 5.63. The van der Waals surface area contributed by atoms with E-state index in [1.54, 1.807) is 20.8 Å². The first-order chi connectivity index (χ1) is 8.58. The van der Waals surface area contributed by atoms with E-state index in [0.29, 0.717) is 5.69 Å². The number of hydrogen-bond acceptors (Lipinski definition) is 2. The van der Waals surface area contributed by atoms with Crippen molar-refractivity contribution in [2.75, 3.05) is 11.9 Å². The fourth-order valence-electron chi connectivity index (χ4n) is 1.12. The van der Waals surface area contributed by atoms with E-state index in [4.69, 9.17) is 0 Å². The van der Waals surface area contributed by atoms with Gasteiger partial charge in [-0.3, -0.25) is 4.79 Å². The Labute approximate surface area is 109 Å². The number of halogens is 3. The van der Waals surface area contributed by atoms with Gasteiger partial charge in [0.1, 0.15) is 5.75 Å². The van der Waals surface area contributed by atoms with Crippen molar-refractivity contribution in [2.24, 2.45) is 5.41 Å². The molecule has 1 N–H and O–H groups in total. The second-order valence-corrected chi connectivity index (χ2v) is 5.13. The van der Waals surface area contributed by atoms with Gasteiger partial charge in [0, 0.05) is 11.1 Å². The van der Waals surface area contributed by atoms with Crippen LogP contribution in [0.15, 0.2) is 24.3 Å². The van der Waals surface area contributed by atoms with Crippen LogP contribution in [-0.2, 0) is 4.79 Å². The number of carbonyl (C=O) groups excluding carboxylic acids is 1. The van der Waals surface area contributed by atoms with Crippen molar-refractivity contribution in [3.8, 4) is 5.75 Å². The molecule has 0 atom stereocenters. The maximum atomic E-state index is 11.9. The zero-order valence-electron chi connectivity index (χ0n) is 11.0. The molecule has 0 aromatic heterocycles. The average Bonchev–Trinajstić information content (AvgIpc) is 2.26. The minimum Gasteiger partial charge on any atom is -0.484 e. The summed E-state index contributed by atoms with van der Waals surface area (Å²) in [5, 5.41) is 2.66. The van der Waals surface area contributed by atoms with Gasteiger partial charge in [0.25, 0.3) is 0 Å². The van der Waals surface area contributed by atoms with Gasteiger partial charge in [0.2, 0.25) is 5.91 Å². The van der Waals surface area contributed by atoms with Crippen molar-refractivity contribution in [3.05, 3.63) is 24.3 Å². The lowest BCUT2D eigenvalue weighted by Crippen LogP contribution is -2.27. The number of alkyl halides is 3. The van der Waals surface area contributed by atoms with Gasteiger partial charge < -0.3 is 10.1 Å². The molecule has 0 spiro atoms. The molecule has 0 unspecified atom stereocenters. The van der Waals surface area contributed by atoms with Gasteiger partial charge in [-0.15, -0.1) is 0 Å². The topological polar surface area (TPSA) is 38.3 Å². The number of ether oxygens (including phenoxy) is 1. The normalized spacial score (nSPS) is 12.1. The highest BCUT2D eigenvalue weighted by molar-refractivity contribution is 5.94. The number of hydrogen-bond donors (Lipinski definition) is 1. The zero-order chi connectivity index (χ0) is 14.7. The predicted octanol–water partition coefficient (Wildman–Crippen LogP) is 3.61. The van der Waals surface area contributed by atoms with Crippen LogP contribution in [0.4, 0.5) is 18.9 Å². The molecule has 0 bridgehead atoms. The molecule has 6 heteroatoms. The Morgan fingerprint density at radius 1 is 1.16 bits per heavy atom. The van der Waals surface area contributed by atoms with Gasteiger partial charge in [0.05, 0.1) is 0 Å². The van der Waals surface area contributed by atoms with Crippen molar-refractivity contribution in [1.29, 1.82) is 0 Å². The van der Waals surface area contributed by atoms with E-state index in [1.807, 2.05) is 0 Å². The molecule has 1 rings (SSSR count). The average molecular weight is 275 g/mol. The first-order valence-corrected chi connectivity index (χ1v) is 5.69. The number of benzene rings is 1. The molecular weight excluding hydrogens is 259 g/mol. The lowest BCUT2D eigenvalue weighted by Gasteiger charge is -2.17. The number of nitrogens with one attached hydrogen (secondary N) is 1. The monoisotopic (exact) mass is 275 g/mol. The number of anilines is 1. The molecule has 3 nitrogen and oxygen atoms in total. The molecule has 0 heterocycles. The summed E-state index contributed by atoms with van der Waals surface area (Å²) >= 11 is 0. The highest BCUT2D eigenvalue weighted by Gasteiger charge is 2.28. The van der Waals surface area contributed by atoms with Gasteiger partial charge in [-0.2, -0.15) is 13.2 Å². The lowest BCUT2D eigenvalue weighted by atomic mass is 9.95. The second-order valence-electron chi connectivity index (χ2n) is 5.13. The van der Waals surface area contributed by atoms with Crippen molar-refractivity contribution in [2.45, 2.75) is 26.9 Å². The second kappa shape index (κ2) is 5.50. The maximum absolute atomic E-state index is 11.9. The molecule has 0 aliphatic heterocycles. The summed E-state index contributed by atoms with van der Waals surface area (Å²) < 4.78 is 40.4. The van der Waals surface area contributed by atoms with Crippen molar-refractivity contribution < 1.29 is 22.7 Å². The maximum Gasteiger partial charge on any atom is 0.422 e. The van der Waals surface area contributed by atoms with Crippen molar-refractivity contribution in [3.63, 3.8) is 0 Å². The molecule has 19 heavy (non-hydrogen) atoms. The van der Waals surface area contributed by atoms with E-state index in [0.717, 1.165) is 0 Å². The first-order valence-electron chi connectivity index (χ1n) is 5.69. The molecule has 106 valence electrons. The van der Waals surface area contributed by atoms with Gasteiger partial charge in [0.15, 0.2) is 6.61 Å². The van der Waals surface area contributed by atoms with E-state index in [-0.39, 0.29) is 11.7 Å². The van der Waals surface area contributed by atoms with Crippen LogP contribution in [0.1, 0.15) is 20.8 Å². The van der Waals surface area contributed by atoms with Crippen molar-refractivity contribution >= 4 is 11.6 Å².